The van der Waals surface area contributed by atoms with Crippen LogP contribution >= 0.6 is 0 Å². The quantitative estimate of drug-likeness (QED) is 0.626. The van der Waals surface area contributed by atoms with Crippen LogP contribution in [0.4, 0.5) is 0 Å². The van der Waals surface area contributed by atoms with Gasteiger partial charge in [-0.3, -0.25) is 14.5 Å². The number of benzene rings is 1. The lowest BCUT2D eigenvalue weighted by Gasteiger charge is -2.52. The van der Waals surface area contributed by atoms with Gasteiger partial charge in [-0.1, -0.05) is 63.4 Å². The Morgan fingerprint density at radius 1 is 1.15 bits per heavy atom. The molecule has 5 heteroatoms. The minimum Gasteiger partial charge on any atom is -0.358 e. The first-order chi connectivity index (χ1) is 16.3. The molecule has 1 N–H and O–H groups in total. The summed E-state index contributed by atoms with van der Waals surface area (Å²) in [6.45, 7) is 6.32. The van der Waals surface area contributed by atoms with Crippen molar-refractivity contribution in [2.45, 2.75) is 77.2 Å². The van der Waals surface area contributed by atoms with Crippen LogP contribution in [0, 0.1) is 23.2 Å². The van der Waals surface area contributed by atoms with Gasteiger partial charge in [-0.15, -0.1) is 0 Å². The van der Waals surface area contributed by atoms with Crippen molar-refractivity contribution in [2.24, 2.45) is 23.2 Å². The lowest BCUT2D eigenvalue weighted by atomic mass is 9.60. The predicted molar refractivity (Wildman–Crippen MR) is 137 cm³/mol. The van der Waals surface area contributed by atoms with Crippen LogP contribution in [0.5, 0.6) is 0 Å². The normalized spacial score (nSPS) is 32.5. The van der Waals surface area contributed by atoms with E-state index in [9.17, 15) is 9.59 Å². The Bertz CT molecular complexity index is 842. The third-order valence-electron chi connectivity index (χ3n) is 9.76. The van der Waals surface area contributed by atoms with Crippen LogP contribution in [-0.2, 0) is 15.1 Å². The monoisotopic (exact) mass is 467 g/mol. The smallest absolute Gasteiger partial charge is 0.239 e. The summed E-state index contributed by atoms with van der Waals surface area (Å²) >= 11 is 0. The van der Waals surface area contributed by atoms with Gasteiger partial charge in [0.25, 0.3) is 0 Å². The Hall–Kier alpha value is -1.88. The van der Waals surface area contributed by atoms with Crippen LogP contribution in [-0.4, -0.2) is 55.3 Å². The minimum absolute atomic E-state index is 0.00348. The minimum atomic E-state index is -0.0618. The van der Waals surface area contributed by atoms with Crippen LogP contribution in [0.1, 0.15) is 77.2 Å². The fraction of sp³-hybridized carbons (Fsp3) is 0.724. The topological polar surface area (TPSA) is 52.7 Å². The third-order valence-corrected chi connectivity index (χ3v) is 9.76. The van der Waals surface area contributed by atoms with E-state index in [1.165, 1.54) is 31.2 Å². The van der Waals surface area contributed by atoms with Gasteiger partial charge in [-0.2, -0.15) is 0 Å². The van der Waals surface area contributed by atoms with Gasteiger partial charge < -0.3 is 10.2 Å². The second-order valence-electron chi connectivity index (χ2n) is 11.6. The molecule has 4 rings (SSSR count). The van der Waals surface area contributed by atoms with Gasteiger partial charge in [-0.25, -0.2) is 0 Å². The number of nitrogens with one attached hydrogen (secondary N) is 1. The van der Waals surface area contributed by atoms with Gasteiger partial charge >= 0.3 is 0 Å². The number of amides is 2. The number of nitrogens with zero attached hydrogens (tertiary/aromatic N) is 2. The molecule has 1 aromatic rings. The number of carbonyl (C=O) groups excluding carboxylic acids is 2. The molecule has 2 aliphatic carbocycles. The Morgan fingerprint density at radius 2 is 1.82 bits per heavy atom. The molecule has 3 aliphatic rings. The lowest BCUT2D eigenvalue weighted by Crippen LogP contribution is -2.51. The lowest BCUT2D eigenvalue weighted by molar-refractivity contribution is -0.140. The molecule has 1 spiro atoms. The maximum absolute atomic E-state index is 13.6. The van der Waals surface area contributed by atoms with E-state index in [2.05, 4.69) is 61.4 Å². The number of hydrogen-bond acceptors (Lipinski definition) is 3. The third kappa shape index (κ3) is 4.91. The summed E-state index contributed by atoms with van der Waals surface area (Å²) in [5.41, 5.74) is 1.58. The SMILES string of the molecule is CCN(C)C1(c2ccccc2)CCC2(CC1)CC(CC1CCC1)C(C)C(=O)N(CC(=O)NC)C2. The Morgan fingerprint density at radius 3 is 2.38 bits per heavy atom. The van der Waals surface area contributed by atoms with E-state index in [1.807, 2.05) is 4.90 Å². The maximum atomic E-state index is 13.6. The summed E-state index contributed by atoms with van der Waals surface area (Å²) in [5.74, 6) is 1.36. The van der Waals surface area contributed by atoms with Crippen LogP contribution < -0.4 is 5.32 Å². The van der Waals surface area contributed by atoms with Crippen LogP contribution in [0.25, 0.3) is 0 Å². The highest BCUT2D eigenvalue weighted by Gasteiger charge is 2.50. The van der Waals surface area contributed by atoms with Crippen molar-refractivity contribution >= 4 is 11.8 Å². The first-order valence-corrected chi connectivity index (χ1v) is 13.6. The van der Waals surface area contributed by atoms with Gasteiger partial charge in [-0.05, 0) is 74.9 Å². The summed E-state index contributed by atoms with van der Waals surface area (Å²) in [5, 5.41) is 2.74. The van der Waals surface area contributed by atoms with E-state index in [0.29, 0.717) is 5.92 Å². The zero-order valence-corrected chi connectivity index (χ0v) is 21.8. The Labute approximate surface area is 206 Å². The van der Waals surface area contributed by atoms with E-state index < -0.39 is 0 Å². The second kappa shape index (κ2) is 10.4. The van der Waals surface area contributed by atoms with Gasteiger partial charge in [0, 0.05) is 25.0 Å². The summed E-state index contributed by atoms with van der Waals surface area (Å²) in [4.78, 5) is 30.3. The number of likely N-dealkylation sites (N-methyl/N-ethyl adjacent to an activating group) is 1. The first-order valence-electron chi connectivity index (χ1n) is 13.6. The second-order valence-corrected chi connectivity index (χ2v) is 11.6. The number of hydrogen-bond donors (Lipinski definition) is 1. The summed E-state index contributed by atoms with van der Waals surface area (Å²) in [6.07, 6.45) is 10.7. The van der Waals surface area contributed by atoms with E-state index >= 15 is 0 Å². The van der Waals surface area contributed by atoms with Crippen molar-refractivity contribution in [3.05, 3.63) is 35.9 Å². The van der Waals surface area contributed by atoms with Gasteiger partial charge in [0.15, 0.2) is 0 Å². The van der Waals surface area contributed by atoms with Crippen molar-refractivity contribution in [2.75, 3.05) is 33.7 Å². The molecule has 5 nitrogen and oxygen atoms in total. The van der Waals surface area contributed by atoms with Gasteiger partial charge in [0.1, 0.15) is 0 Å². The predicted octanol–water partition coefficient (Wildman–Crippen LogP) is 4.81. The zero-order valence-electron chi connectivity index (χ0n) is 21.8. The number of likely N-dealkylation sites (tertiary alicyclic amines) is 1. The van der Waals surface area contributed by atoms with E-state index in [0.717, 1.165) is 51.1 Å². The molecule has 0 aromatic heterocycles. The molecular weight excluding hydrogens is 422 g/mol. The summed E-state index contributed by atoms with van der Waals surface area (Å²) in [6, 6.07) is 11.0. The molecule has 3 fully saturated rings. The van der Waals surface area contributed by atoms with Crippen LogP contribution in [0.2, 0.25) is 0 Å². The van der Waals surface area contributed by atoms with Crippen molar-refractivity contribution in [1.29, 1.82) is 0 Å². The highest BCUT2D eigenvalue weighted by Crippen LogP contribution is 2.54. The number of rotatable bonds is 7. The van der Waals surface area contributed by atoms with Crippen molar-refractivity contribution < 1.29 is 9.59 Å². The molecular formula is C29H45N3O2. The Kier molecular flexibility index (Phi) is 7.71. The molecule has 34 heavy (non-hydrogen) atoms. The van der Waals surface area contributed by atoms with E-state index in [1.54, 1.807) is 7.05 Å². The molecule has 2 atom stereocenters. The zero-order chi connectivity index (χ0) is 24.3. The average molecular weight is 468 g/mol. The Balaban J connectivity index is 1.61. The molecule has 2 unspecified atom stereocenters. The van der Waals surface area contributed by atoms with E-state index in [-0.39, 0.29) is 35.2 Å². The summed E-state index contributed by atoms with van der Waals surface area (Å²) in [7, 11) is 3.93. The molecule has 2 amide bonds. The van der Waals surface area contributed by atoms with Crippen LogP contribution in [0.15, 0.2) is 30.3 Å². The fourth-order valence-corrected chi connectivity index (χ4v) is 7.10. The van der Waals surface area contributed by atoms with Crippen molar-refractivity contribution in [1.82, 2.24) is 15.1 Å². The molecule has 2 saturated carbocycles. The molecule has 0 bridgehead atoms. The molecule has 1 aliphatic heterocycles. The molecule has 1 heterocycles. The van der Waals surface area contributed by atoms with Gasteiger partial charge in [0.2, 0.25) is 11.8 Å². The fourth-order valence-electron chi connectivity index (χ4n) is 7.10. The molecule has 0 radical (unpaired) electrons. The summed E-state index contributed by atoms with van der Waals surface area (Å²) < 4.78 is 0. The highest BCUT2D eigenvalue weighted by atomic mass is 16.2. The maximum Gasteiger partial charge on any atom is 0.239 e. The van der Waals surface area contributed by atoms with Crippen molar-refractivity contribution in [3.63, 3.8) is 0 Å². The highest BCUT2D eigenvalue weighted by molar-refractivity contribution is 5.86. The first kappa shape index (κ1) is 25.2. The standard InChI is InChI=1S/C29H45N3O2/c1-5-31(4)29(25-12-7-6-8-13-25)16-14-28(15-17-29)19-24(18-23-10-9-11-23)22(2)27(34)32(21-28)20-26(33)30-3/h6-8,12-13,22-24H,5,9-11,14-21H2,1-4H3,(H,30,33). The molecule has 188 valence electrons. The molecule has 1 saturated heterocycles. The van der Waals surface area contributed by atoms with Gasteiger partial charge in [0.05, 0.1) is 6.54 Å². The average Bonchev–Trinajstić information content (AvgIpc) is 2.93. The van der Waals surface area contributed by atoms with Crippen molar-refractivity contribution in [3.8, 4) is 0 Å². The largest absolute Gasteiger partial charge is 0.358 e. The molecule has 1 aromatic carbocycles. The van der Waals surface area contributed by atoms with E-state index in [4.69, 9.17) is 0 Å². The van der Waals surface area contributed by atoms with Crippen LogP contribution in [0.3, 0.4) is 0 Å². The number of carbonyl (C=O) groups is 2.